The maximum atomic E-state index is 13.7. The number of fused-ring (bicyclic) bond motifs is 1. The quantitative estimate of drug-likeness (QED) is 0.383. The highest BCUT2D eigenvalue weighted by molar-refractivity contribution is 7.10. The van der Waals surface area contributed by atoms with Crippen LogP contribution in [-0.2, 0) is 19.1 Å². The maximum absolute atomic E-state index is 13.7. The topological polar surface area (TPSA) is 105 Å². The minimum Gasteiger partial charge on any atom is -0.493 e. The van der Waals surface area contributed by atoms with Crippen molar-refractivity contribution in [2.24, 2.45) is 4.99 Å². The highest BCUT2D eigenvalue weighted by Gasteiger charge is 2.34. The number of hydrogen-bond acceptors (Lipinski definition) is 10. The monoisotopic (exact) mass is 542 g/mol. The molecule has 194 valence electrons. The van der Waals surface area contributed by atoms with Crippen molar-refractivity contribution < 1.29 is 28.5 Å². The molecule has 0 radical (unpaired) electrons. The minimum atomic E-state index is -0.651. The summed E-state index contributed by atoms with van der Waals surface area (Å²) in [5.74, 6) is -0.305. The van der Waals surface area contributed by atoms with E-state index in [1.807, 2.05) is 17.5 Å². The number of aromatic nitrogens is 1. The molecule has 0 saturated heterocycles. The fraction of sp³-hybridized carbons (Fsp3) is 0.308. The molecule has 1 aliphatic heterocycles. The van der Waals surface area contributed by atoms with Crippen LogP contribution in [0.5, 0.6) is 11.5 Å². The van der Waals surface area contributed by atoms with Crippen LogP contribution in [-0.4, -0.2) is 43.4 Å². The minimum absolute atomic E-state index is 0.210. The van der Waals surface area contributed by atoms with E-state index in [0.29, 0.717) is 37.7 Å². The van der Waals surface area contributed by atoms with Crippen LogP contribution in [0, 0.1) is 0 Å². The first-order valence-electron chi connectivity index (χ1n) is 11.6. The predicted molar refractivity (Wildman–Crippen MR) is 140 cm³/mol. The van der Waals surface area contributed by atoms with Crippen LogP contribution in [0.25, 0.3) is 6.08 Å². The second-order valence-electron chi connectivity index (χ2n) is 7.79. The van der Waals surface area contributed by atoms with E-state index < -0.39 is 18.0 Å². The lowest BCUT2D eigenvalue weighted by atomic mass is 10.0. The van der Waals surface area contributed by atoms with Crippen molar-refractivity contribution in [1.82, 2.24) is 4.57 Å². The summed E-state index contributed by atoms with van der Waals surface area (Å²) in [5, 5.41) is 1.90. The van der Waals surface area contributed by atoms with Crippen LogP contribution in [0.15, 0.2) is 56.8 Å². The molecule has 0 unspecified atom stereocenters. The average molecular weight is 543 g/mol. The van der Waals surface area contributed by atoms with Crippen LogP contribution in [0.2, 0.25) is 0 Å². The predicted octanol–water partition coefficient (Wildman–Crippen LogP) is 2.81. The van der Waals surface area contributed by atoms with Gasteiger partial charge in [-0.25, -0.2) is 14.6 Å². The lowest BCUT2D eigenvalue weighted by Crippen LogP contribution is -2.39. The van der Waals surface area contributed by atoms with E-state index in [0.717, 1.165) is 4.88 Å². The molecule has 1 aliphatic rings. The number of carbonyl (C=O) groups is 2. The van der Waals surface area contributed by atoms with Gasteiger partial charge < -0.3 is 18.9 Å². The number of methoxy groups -OCH3 is 1. The van der Waals surface area contributed by atoms with Crippen molar-refractivity contribution in [3.8, 4) is 11.5 Å². The first-order chi connectivity index (χ1) is 17.9. The van der Waals surface area contributed by atoms with Crippen LogP contribution >= 0.6 is 22.7 Å². The fourth-order valence-electron chi connectivity index (χ4n) is 3.94. The third kappa shape index (κ3) is 5.37. The Balaban J connectivity index is 1.85. The smallest absolute Gasteiger partial charge is 0.344 e. The number of ether oxygens (including phenoxy) is 4. The summed E-state index contributed by atoms with van der Waals surface area (Å²) >= 11 is 2.65. The van der Waals surface area contributed by atoms with Gasteiger partial charge in [-0.1, -0.05) is 29.5 Å². The first-order valence-corrected chi connectivity index (χ1v) is 13.3. The molecule has 9 nitrogen and oxygen atoms in total. The van der Waals surface area contributed by atoms with Gasteiger partial charge in [-0.15, -0.1) is 11.3 Å². The van der Waals surface area contributed by atoms with Crippen LogP contribution < -0.4 is 24.4 Å². The number of benzene rings is 1. The van der Waals surface area contributed by atoms with Crippen molar-refractivity contribution in [3.63, 3.8) is 0 Å². The number of thiophene rings is 1. The van der Waals surface area contributed by atoms with E-state index in [2.05, 4.69) is 4.99 Å². The molecule has 3 heterocycles. The zero-order valence-corrected chi connectivity index (χ0v) is 22.4. The van der Waals surface area contributed by atoms with Gasteiger partial charge in [0, 0.05) is 10.4 Å². The number of rotatable bonds is 9. The van der Waals surface area contributed by atoms with E-state index in [1.165, 1.54) is 34.4 Å². The summed E-state index contributed by atoms with van der Waals surface area (Å²) in [7, 11) is 1.49. The number of para-hydroxylation sites is 1. The molecule has 0 spiro atoms. The highest BCUT2D eigenvalue weighted by Crippen LogP contribution is 2.34. The third-order valence-corrected chi connectivity index (χ3v) is 7.39. The largest absolute Gasteiger partial charge is 0.493 e. The van der Waals surface area contributed by atoms with Gasteiger partial charge in [0.25, 0.3) is 5.56 Å². The van der Waals surface area contributed by atoms with Gasteiger partial charge in [0.2, 0.25) is 0 Å². The highest BCUT2D eigenvalue weighted by atomic mass is 32.1. The van der Waals surface area contributed by atoms with Gasteiger partial charge >= 0.3 is 11.9 Å². The molecule has 11 heteroatoms. The number of esters is 2. The Labute approximate surface area is 220 Å². The molecule has 3 aromatic rings. The summed E-state index contributed by atoms with van der Waals surface area (Å²) in [6.07, 6.45) is 1.67. The number of thiazole rings is 1. The van der Waals surface area contributed by atoms with Gasteiger partial charge in [-0.2, -0.15) is 0 Å². The van der Waals surface area contributed by atoms with Crippen molar-refractivity contribution in [3.05, 3.63) is 77.1 Å². The van der Waals surface area contributed by atoms with E-state index in [1.54, 1.807) is 45.0 Å². The summed E-state index contributed by atoms with van der Waals surface area (Å²) in [4.78, 5) is 44.4. The Morgan fingerprint density at radius 3 is 2.59 bits per heavy atom. The Kier molecular flexibility index (Phi) is 8.24. The van der Waals surface area contributed by atoms with E-state index >= 15 is 0 Å². The third-order valence-electron chi connectivity index (χ3n) is 5.49. The van der Waals surface area contributed by atoms with Crippen LogP contribution in [0.3, 0.4) is 0 Å². The fourth-order valence-corrected chi connectivity index (χ4v) is 5.81. The maximum Gasteiger partial charge on any atom is 0.344 e. The van der Waals surface area contributed by atoms with Gasteiger partial charge in [-0.3, -0.25) is 9.36 Å². The summed E-state index contributed by atoms with van der Waals surface area (Å²) in [5.41, 5.74) is 1.08. The number of nitrogens with zero attached hydrogens (tertiary/aromatic N) is 2. The molecule has 1 aromatic carbocycles. The lowest BCUT2D eigenvalue weighted by molar-refractivity contribution is -0.145. The van der Waals surface area contributed by atoms with Crippen molar-refractivity contribution in [1.29, 1.82) is 0 Å². The molecule has 0 saturated carbocycles. The molecule has 0 fully saturated rings. The lowest BCUT2D eigenvalue weighted by Gasteiger charge is -2.23. The Hall–Kier alpha value is -3.70. The molecule has 1 atom stereocenters. The molecule has 2 aromatic heterocycles. The summed E-state index contributed by atoms with van der Waals surface area (Å²) in [6.45, 7) is 5.33. The van der Waals surface area contributed by atoms with Gasteiger partial charge in [0.15, 0.2) is 22.9 Å². The number of carbonyl (C=O) groups excluding carboxylic acids is 2. The van der Waals surface area contributed by atoms with Gasteiger partial charge in [-0.05, 0) is 44.4 Å². The van der Waals surface area contributed by atoms with Crippen LogP contribution in [0.4, 0.5) is 0 Å². The molecule has 0 bridgehead atoms. The second-order valence-corrected chi connectivity index (χ2v) is 9.78. The first kappa shape index (κ1) is 26.4. The Bertz CT molecular complexity index is 1520. The number of allylic oxidation sites excluding steroid dienone is 1. The molecule has 0 aliphatic carbocycles. The van der Waals surface area contributed by atoms with E-state index in [4.69, 9.17) is 18.9 Å². The molecule has 0 amide bonds. The number of hydrogen-bond donors (Lipinski definition) is 0. The Morgan fingerprint density at radius 1 is 1.14 bits per heavy atom. The van der Waals surface area contributed by atoms with Gasteiger partial charge in [0.05, 0.1) is 36.1 Å². The van der Waals surface area contributed by atoms with Gasteiger partial charge in [0.1, 0.15) is 6.04 Å². The van der Waals surface area contributed by atoms with Crippen LogP contribution in [0.1, 0.15) is 37.3 Å². The zero-order chi connectivity index (χ0) is 26.5. The van der Waals surface area contributed by atoms with Crippen molar-refractivity contribution in [2.75, 3.05) is 26.9 Å². The zero-order valence-electron chi connectivity index (χ0n) is 20.8. The van der Waals surface area contributed by atoms with Crippen molar-refractivity contribution in [2.45, 2.75) is 26.8 Å². The molecular weight excluding hydrogens is 516 g/mol. The standard InChI is InChI=1S/C26H26N2O7S2/c1-5-33-20(29)14-35-23-16(9-7-10-17(23)32-4)13-19-24(30)28-22(18-11-8-12-36-18)21(25(31)34-6-2)15(3)27-26(28)37-19/h7-13,22H,5-6,14H2,1-4H3/b19-13-/t22-/m1/s1. The van der Waals surface area contributed by atoms with E-state index in [9.17, 15) is 14.4 Å². The second kappa shape index (κ2) is 11.6. The molecular formula is C26H26N2O7S2. The molecule has 37 heavy (non-hydrogen) atoms. The Morgan fingerprint density at radius 2 is 1.92 bits per heavy atom. The summed E-state index contributed by atoms with van der Waals surface area (Å²) in [6, 6.07) is 8.32. The van der Waals surface area contributed by atoms with Crippen molar-refractivity contribution >= 4 is 40.7 Å². The average Bonchev–Trinajstić information content (AvgIpc) is 3.51. The normalized spacial score (nSPS) is 15.1. The molecule has 0 N–H and O–H groups in total. The SMILES string of the molecule is CCOC(=O)COc1c(/C=c2\sc3n(c2=O)[C@H](c2cccs2)C(C(=O)OCC)=C(C)N=3)cccc1OC. The molecule has 4 rings (SSSR count). The van der Waals surface area contributed by atoms with E-state index in [-0.39, 0.29) is 25.4 Å². The summed E-state index contributed by atoms with van der Waals surface area (Å²) < 4.78 is 23.3.